The summed E-state index contributed by atoms with van der Waals surface area (Å²) in [6.07, 6.45) is 0.829. The van der Waals surface area contributed by atoms with E-state index >= 15 is 0 Å². The molecule has 80 valence electrons. The number of halogens is 1. The number of hydrogen-bond acceptors (Lipinski definition) is 2. The Morgan fingerprint density at radius 2 is 2.07 bits per heavy atom. The molecule has 0 aromatic heterocycles. The quantitative estimate of drug-likeness (QED) is 0.620. The highest BCUT2D eigenvalue weighted by Gasteiger charge is 2.01. The lowest BCUT2D eigenvalue weighted by Gasteiger charge is -2.05. The van der Waals surface area contributed by atoms with Crippen LogP contribution in [0.25, 0.3) is 0 Å². The molecule has 0 atom stereocenters. The van der Waals surface area contributed by atoms with Crippen LogP contribution >= 0.6 is 15.9 Å². The molecule has 2 nitrogen and oxygen atoms in total. The first-order chi connectivity index (χ1) is 7.31. The summed E-state index contributed by atoms with van der Waals surface area (Å²) in [6, 6.07) is 5.61. The van der Waals surface area contributed by atoms with Crippen LogP contribution in [-0.2, 0) is 0 Å². The molecule has 0 bridgehead atoms. The van der Waals surface area contributed by atoms with Gasteiger partial charge in [-0.05, 0) is 12.1 Å². The van der Waals surface area contributed by atoms with Crippen molar-refractivity contribution in [3.63, 3.8) is 0 Å². The standard InChI is InChI=1S/C12H13BrO2/c1-14-11-7-6-10(5-3-4-8-13)12(9-11)15-2/h6-7,9H,4,8H2,1-2H3. The molecule has 0 fully saturated rings. The van der Waals surface area contributed by atoms with Crippen LogP contribution in [0.15, 0.2) is 18.2 Å². The van der Waals surface area contributed by atoms with Gasteiger partial charge in [0.2, 0.25) is 0 Å². The Kier molecular flexibility index (Phi) is 5.06. The molecule has 1 aromatic carbocycles. The first-order valence-corrected chi connectivity index (χ1v) is 5.71. The highest BCUT2D eigenvalue weighted by molar-refractivity contribution is 9.09. The van der Waals surface area contributed by atoms with Crippen LogP contribution < -0.4 is 9.47 Å². The maximum Gasteiger partial charge on any atom is 0.138 e. The molecule has 0 saturated heterocycles. The first kappa shape index (κ1) is 11.9. The lowest BCUT2D eigenvalue weighted by molar-refractivity contribution is 0.393. The normalized spacial score (nSPS) is 9.00. The van der Waals surface area contributed by atoms with E-state index in [9.17, 15) is 0 Å². The fraction of sp³-hybridized carbons (Fsp3) is 0.333. The molecule has 0 saturated carbocycles. The van der Waals surface area contributed by atoms with Crippen molar-refractivity contribution >= 4 is 15.9 Å². The van der Waals surface area contributed by atoms with Gasteiger partial charge in [0.15, 0.2) is 0 Å². The summed E-state index contributed by atoms with van der Waals surface area (Å²) in [4.78, 5) is 0. The van der Waals surface area contributed by atoms with Crippen molar-refractivity contribution in [3.8, 4) is 23.3 Å². The van der Waals surface area contributed by atoms with E-state index in [0.29, 0.717) is 0 Å². The number of alkyl halides is 1. The minimum atomic E-state index is 0.747. The second kappa shape index (κ2) is 6.36. The Bertz CT molecular complexity index is 377. The van der Waals surface area contributed by atoms with Gasteiger partial charge in [-0.15, -0.1) is 0 Å². The van der Waals surface area contributed by atoms with Gasteiger partial charge < -0.3 is 9.47 Å². The lowest BCUT2D eigenvalue weighted by atomic mass is 10.2. The number of benzene rings is 1. The number of hydrogen-bond donors (Lipinski definition) is 0. The summed E-state index contributed by atoms with van der Waals surface area (Å²) >= 11 is 3.33. The summed E-state index contributed by atoms with van der Waals surface area (Å²) in [5.74, 6) is 7.62. The summed E-state index contributed by atoms with van der Waals surface area (Å²) in [5, 5.41) is 0.887. The second-order valence-electron chi connectivity index (χ2n) is 2.81. The van der Waals surface area contributed by atoms with Gasteiger partial charge in [-0.1, -0.05) is 27.8 Å². The van der Waals surface area contributed by atoms with Gasteiger partial charge in [-0.2, -0.15) is 0 Å². The summed E-state index contributed by atoms with van der Waals surface area (Å²) in [5.41, 5.74) is 0.888. The molecule has 0 heterocycles. The second-order valence-corrected chi connectivity index (χ2v) is 3.60. The molecular formula is C12H13BrO2. The van der Waals surface area contributed by atoms with Crippen LogP contribution in [0.1, 0.15) is 12.0 Å². The Labute approximate surface area is 98.7 Å². The van der Waals surface area contributed by atoms with Gasteiger partial charge >= 0.3 is 0 Å². The van der Waals surface area contributed by atoms with Crippen LogP contribution in [0, 0.1) is 11.8 Å². The van der Waals surface area contributed by atoms with Crippen molar-refractivity contribution in [3.05, 3.63) is 23.8 Å². The third-order valence-electron chi connectivity index (χ3n) is 1.85. The number of rotatable bonds is 3. The summed E-state index contributed by atoms with van der Waals surface area (Å²) in [7, 11) is 3.26. The van der Waals surface area contributed by atoms with E-state index in [1.807, 2.05) is 18.2 Å². The van der Waals surface area contributed by atoms with E-state index in [0.717, 1.165) is 28.8 Å². The molecule has 0 radical (unpaired) electrons. The highest BCUT2D eigenvalue weighted by Crippen LogP contribution is 2.23. The molecule has 1 aromatic rings. The van der Waals surface area contributed by atoms with Gasteiger partial charge in [-0.3, -0.25) is 0 Å². The smallest absolute Gasteiger partial charge is 0.138 e. The van der Waals surface area contributed by atoms with E-state index in [4.69, 9.17) is 9.47 Å². The summed E-state index contributed by atoms with van der Waals surface area (Å²) in [6.45, 7) is 0. The summed E-state index contributed by atoms with van der Waals surface area (Å²) < 4.78 is 10.3. The van der Waals surface area contributed by atoms with Crippen molar-refractivity contribution in [1.29, 1.82) is 0 Å². The Morgan fingerprint density at radius 3 is 2.67 bits per heavy atom. The average Bonchev–Trinajstić information content (AvgIpc) is 2.29. The Morgan fingerprint density at radius 1 is 1.27 bits per heavy atom. The average molecular weight is 269 g/mol. The van der Waals surface area contributed by atoms with Crippen molar-refractivity contribution in [2.75, 3.05) is 19.5 Å². The van der Waals surface area contributed by atoms with Crippen molar-refractivity contribution < 1.29 is 9.47 Å². The minimum Gasteiger partial charge on any atom is -0.497 e. The van der Waals surface area contributed by atoms with Crippen molar-refractivity contribution in [1.82, 2.24) is 0 Å². The van der Waals surface area contributed by atoms with Gasteiger partial charge in [-0.25, -0.2) is 0 Å². The zero-order valence-corrected chi connectivity index (χ0v) is 10.4. The lowest BCUT2D eigenvalue weighted by Crippen LogP contribution is -1.90. The molecule has 0 aliphatic carbocycles. The third-order valence-corrected chi connectivity index (χ3v) is 2.25. The van der Waals surface area contributed by atoms with E-state index < -0.39 is 0 Å². The van der Waals surface area contributed by atoms with Gasteiger partial charge in [0.1, 0.15) is 11.5 Å². The zero-order valence-electron chi connectivity index (χ0n) is 8.84. The number of ether oxygens (including phenoxy) is 2. The largest absolute Gasteiger partial charge is 0.497 e. The Balaban J connectivity index is 2.93. The molecule has 0 unspecified atom stereocenters. The van der Waals surface area contributed by atoms with Crippen LogP contribution in [0.2, 0.25) is 0 Å². The van der Waals surface area contributed by atoms with E-state index in [1.165, 1.54) is 0 Å². The topological polar surface area (TPSA) is 18.5 Å². The minimum absolute atomic E-state index is 0.747. The number of methoxy groups -OCH3 is 2. The molecular weight excluding hydrogens is 256 g/mol. The molecule has 1 rings (SSSR count). The van der Waals surface area contributed by atoms with Gasteiger partial charge in [0, 0.05) is 17.8 Å². The molecule has 0 N–H and O–H groups in total. The van der Waals surface area contributed by atoms with E-state index in [2.05, 4.69) is 27.8 Å². The zero-order chi connectivity index (χ0) is 11.1. The molecule has 0 spiro atoms. The molecule has 3 heteroatoms. The van der Waals surface area contributed by atoms with Crippen LogP contribution in [0.5, 0.6) is 11.5 Å². The predicted molar refractivity (Wildman–Crippen MR) is 64.8 cm³/mol. The fourth-order valence-corrected chi connectivity index (χ4v) is 1.31. The molecule has 0 aliphatic heterocycles. The molecule has 0 aliphatic rings. The third kappa shape index (κ3) is 3.49. The van der Waals surface area contributed by atoms with Crippen molar-refractivity contribution in [2.24, 2.45) is 0 Å². The van der Waals surface area contributed by atoms with Crippen LogP contribution in [0.4, 0.5) is 0 Å². The van der Waals surface area contributed by atoms with Crippen molar-refractivity contribution in [2.45, 2.75) is 6.42 Å². The Hall–Kier alpha value is -1.14. The fourth-order valence-electron chi connectivity index (χ4n) is 1.11. The van der Waals surface area contributed by atoms with Gasteiger partial charge in [0.05, 0.1) is 19.8 Å². The SMILES string of the molecule is COc1ccc(C#CCCBr)c(OC)c1. The van der Waals surface area contributed by atoms with E-state index in [-0.39, 0.29) is 0 Å². The molecule has 15 heavy (non-hydrogen) atoms. The predicted octanol–water partition coefficient (Wildman–Crippen LogP) is 2.84. The van der Waals surface area contributed by atoms with E-state index in [1.54, 1.807) is 14.2 Å². The maximum absolute atomic E-state index is 5.22. The highest BCUT2D eigenvalue weighted by atomic mass is 79.9. The monoisotopic (exact) mass is 268 g/mol. The van der Waals surface area contributed by atoms with Crippen LogP contribution in [-0.4, -0.2) is 19.5 Å². The van der Waals surface area contributed by atoms with Crippen LogP contribution in [0.3, 0.4) is 0 Å². The maximum atomic E-state index is 5.22. The van der Waals surface area contributed by atoms with Gasteiger partial charge in [0.25, 0.3) is 0 Å². The first-order valence-electron chi connectivity index (χ1n) is 4.58. The molecule has 0 amide bonds.